The van der Waals surface area contributed by atoms with Crippen LogP contribution >= 0.6 is 0 Å². The van der Waals surface area contributed by atoms with Crippen LogP contribution in [0.3, 0.4) is 0 Å². The van der Waals surface area contributed by atoms with Crippen LogP contribution in [0.5, 0.6) is 0 Å². The maximum Gasteiger partial charge on any atom is 0.326 e. The van der Waals surface area contributed by atoms with Gasteiger partial charge in [-0.15, -0.1) is 0 Å². The van der Waals surface area contributed by atoms with E-state index in [-0.39, 0.29) is 30.6 Å². The molecular formula is C26H33N3O5. The zero-order valence-electron chi connectivity index (χ0n) is 19.8. The summed E-state index contributed by atoms with van der Waals surface area (Å²) in [6.45, 7) is 5.18. The maximum absolute atomic E-state index is 13.0. The van der Waals surface area contributed by atoms with Gasteiger partial charge in [0, 0.05) is 5.56 Å². The van der Waals surface area contributed by atoms with E-state index in [9.17, 15) is 24.3 Å². The fraction of sp³-hybridized carbons (Fsp3) is 0.385. The van der Waals surface area contributed by atoms with E-state index >= 15 is 0 Å². The van der Waals surface area contributed by atoms with Gasteiger partial charge in [-0.3, -0.25) is 19.7 Å². The molecule has 2 aromatic carbocycles. The number of carbonyl (C=O) groups excluding carboxylic acids is 3. The van der Waals surface area contributed by atoms with Crippen molar-refractivity contribution < 1.29 is 24.3 Å². The summed E-state index contributed by atoms with van der Waals surface area (Å²) in [7, 11) is 0. The Morgan fingerprint density at radius 2 is 1.41 bits per heavy atom. The molecule has 0 bridgehead atoms. The molecule has 0 radical (unpaired) electrons. The molecule has 182 valence electrons. The smallest absolute Gasteiger partial charge is 0.326 e. The third-order valence-electron chi connectivity index (χ3n) is 5.31. The normalized spacial score (nSPS) is 13.5. The van der Waals surface area contributed by atoms with Crippen molar-refractivity contribution in [3.05, 3.63) is 71.8 Å². The van der Waals surface area contributed by atoms with E-state index in [1.807, 2.05) is 44.2 Å². The fourth-order valence-electron chi connectivity index (χ4n) is 3.40. The Morgan fingerprint density at radius 1 is 0.824 bits per heavy atom. The van der Waals surface area contributed by atoms with Crippen LogP contribution in [-0.2, 0) is 20.8 Å². The van der Waals surface area contributed by atoms with Gasteiger partial charge in [-0.1, -0.05) is 62.4 Å². The lowest BCUT2D eigenvalue weighted by atomic mass is 10.0. The number of benzene rings is 2. The molecule has 8 nitrogen and oxygen atoms in total. The van der Waals surface area contributed by atoms with Gasteiger partial charge in [0.1, 0.15) is 6.04 Å². The van der Waals surface area contributed by atoms with Crippen molar-refractivity contribution in [3.8, 4) is 0 Å². The van der Waals surface area contributed by atoms with Crippen LogP contribution in [-0.4, -0.2) is 53.3 Å². The lowest BCUT2D eigenvalue weighted by Crippen LogP contribution is -2.53. The Bertz CT molecular complexity index is 963. The monoisotopic (exact) mass is 467 g/mol. The van der Waals surface area contributed by atoms with Crippen molar-refractivity contribution >= 4 is 23.6 Å². The van der Waals surface area contributed by atoms with Crippen molar-refractivity contribution in [2.75, 3.05) is 6.54 Å². The van der Waals surface area contributed by atoms with E-state index in [0.717, 1.165) is 5.56 Å². The van der Waals surface area contributed by atoms with Crippen LogP contribution < -0.4 is 16.0 Å². The van der Waals surface area contributed by atoms with Crippen LogP contribution in [0.4, 0.5) is 0 Å². The summed E-state index contributed by atoms with van der Waals surface area (Å²) in [4.78, 5) is 49.5. The number of ketones is 1. The molecule has 2 aromatic rings. The standard InChI is InChI=1S/C26H33N3O5/c1-17(2)14-22(26(33)34)29-25(32)21(15-19-10-6-4-7-11-19)27-16-23(30)18(3)28-24(31)20-12-8-5-9-13-20/h4-13,17-18,21-22,27H,14-16H2,1-3H3,(H,28,31)(H,29,32)(H,33,34)/t18-,21-,22-/m0/s1. The fourth-order valence-corrected chi connectivity index (χ4v) is 3.40. The van der Waals surface area contributed by atoms with E-state index in [4.69, 9.17) is 0 Å². The molecule has 2 rings (SSSR count). The van der Waals surface area contributed by atoms with Gasteiger partial charge in [-0.2, -0.15) is 0 Å². The van der Waals surface area contributed by atoms with Crippen molar-refractivity contribution in [2.45, 2.75) is 51.7 Å². The lowest BCUT2D eigenvalue weighted by molar-refractivity contribution is -0.142. The van der Waals surface area contributed by atoms with Gasteiger partial charge in [-0.25, -0.2) is 4.79 Å². The number of hydrogen-bond donors (Lipinski definition) is 4. The van der Waals surface area contributed by atoms with Crippen molar-refractivity contribution in [1.82, 2.24) is 16.0 Å². The predicted molar refractivity (Wildman–Crippen MR) is 129 cm³/mol. The first-order valence-corrected chi connectivity index (χ1v) is 11.4. The molecule has 0 aliphatic heterocycles. The number of aliphatic carboxylic acids is 1. The second-order valence-electron chi connectivity index (χ2n) is 8.68. The van der Waals surface area contributed by atoms with E-state index < -0.39 is 30.0 Å². The quantitative estimate of drug-likeness (QED) is 0.358. The zero-order chi connectivity index (χ0) is 25.1. The molecule has 8 heteroatoms. The second-order valence-corrected chi connectivity index (χ2v) is 8.68. The molecule has 0 aliphatic rings. The predicted octanol–water partition coefficient (Wildman–Crippen LogP) is 2.19. The van der Waals surface area contributed by atoms with Crippen molar-refractivity contribution in [1.29, 1.82) is 0 Å². The molecule has 0 fully saturated rings. The maximum atomic E-state index is 13.0. The molecule has 3 atom stereocenters. The van der Waals surface area contributed by atoms with E-state index in [0.29, 0.717) is 12.0 Å². The van der Waals surface area contributed by atoms with Crippen LogP contribution in [0.2, 0.25) is 0 Å². The van der Waals surface area contributed by atoms with E-state index in [2.05, 4.69) is 16.0 Å². The van der Waals surface area contributed by atoms with Crippen LogP contribution in [0.1, 0.15) is 43.1 Å². The lowest BCUT2D eigenvalue weighted by Gasteiger charge is -2.23. The van der Waals surface area contributed by atoms with Crippen molar-refractivity contribution in [3.63, 3.8) is 0 Å². The highest BCUT2D eigenvalue weighted by molar-refractivity contribution is 5.98. The van der Waals surface area contributed by atoms with Gasteiger partial charge in [0.25, 0.3) is 5.91 Å². The van der Waals surface area contributed by atoms with Gasteiger partial charge in [0.2, 0.25) is 5.91 Å². The second kappa shape index (κ2) is 13.3. The number of carboxylic acids is 1. The third-order valence-corrected chi connectivity index (χ3v) is 5.31. The highest BCUT2D eigenvalue weighted by Gasteiger charge is 2.27. The summed E-state index contributed by atoms with van der Waals surface area (Å²) in [6, 6.07) is 15.2. The Hall–Kier alpha value is -3.52. The Kier molecular flexibility index (Phi) is 10.4. The summed E-state index contributed by atoms with van der Waals surface area (Å²) in [5.41, 5.74) is 1.31. The number of Topliss-reactive ketones (excluding diaryl/α,β-unsaturated/α-hetero) is 1. The molecule has 2 amide bonds. The zero-order valence-corrected chi connectivity index (χ0v) is 19.8. The first-order chi connectivity index (χ1) is 16.2. The topological polar surface area (TPSA) is 125 Å². The van der Waals surface area contributed by atoms with E-state index in [1.165, 1.54) is 0 Å². The highest BCUT2D eigenvalue weighted by Crippen LogP contribution is 2.08. The summed E-state index contributed by atoms with van der Waals surface area (Å²) >= 11 is 0. The molecule has 4 N–H and O–H groups in total. The molecule has 34 heavy (non-hydrogen) atoms. The van der Waals surface area contributed by atoms with E-state index in [1.54, 1.807) is 37.3 Å². The van der Waals surface area contributed by atoms with Gasteiger partial charge < -0.3 is 15.7 Å². The van der Waals surface area contributed by atoms with Crippen molar-refractivity contribution in [2.24, 2.45) is 5.92 Å². The minimum Gasteiger partial charge on any atom is -0.480 e. The average Bonchev–Trinajstić information content (AvgIpc) is 2.81. The average molecular weight is 468 g/mol. The summed E-state index contributed by atoms with van der Waals surface area (Å²) in [6.07, 6.45) is 0.569. The number of amides is 2. The number of hydrogen-bond acceptors (Lipinski definition) is 5. The summed E-state index contributed by atoms with van der Waals surface area (Å²) in [5.74, 6) is -2.18. The summed E-state index contributed by atoms with van der Waals surface area (Å²) in [5, 5.41) is 17.7. The molecule has 0 aliphatic carbocycles. The SMILES string of the molecule is CC(C)C[C@H](NC(=O)[C@H](Cc1ccccc1)NCC(=O)[C@H](C)NC(=O)c1ccccc1)C(=O)O. The molecule has 0 saturated carbocycles. The third kappa shape index (κ3) is 8.78. The molecule has 0 aromatic heterocycles. The summed E-state index contributed by atoms with van der Waals surface area (Å²) < 4.78 is 0. The number of rotatable bonds is 13. The van der Waals surface area contributed by atoms with Crippen LogP contribution in [0.25, 0.3) is 0 Å². The van der Waals surface area contributed by atoms with Gasteiger partial charge >= 0.3 is 5.97 Å². The number of nitrogens with one attached hydrogen (secondary N) is 3. The van der Waals surface area contributed by atoms with Crippen LogP contribution in [0, 0.1) is 5.92 Å². The first kappa shape index (κ1) is 26.7. The molecule has 0 unspecified atom stereocenters. The molecular weight excluding hydrogens is 434 g/mol. The molecule has 0 saturated heterocycles. The number of carbonyl (C=O) groups is 4. The Labute approximate surface area is 200 Å². The minimum absolute atomic E-state index is 0.0811. The highest BCUT2D eigenvalue weighted by atomic mass is 16.4. The molecule has 0 spiro atoms. The largest absolute Gasteiger partial charge is 0.480 e. The van der Waals surface area contributed by atoms with Crippen LogP contribution in [0.15, 0.2) is 60.7 Å². The first-order valence-electron chi connectivity index (χ1n) is 11.4. The Morgan fingerprint density at radius 3 is 1.97 bits per heavy atom. The minimum atomic E-state index is -1.10. The van der Waals surface area contributed by atoms with Gasteiger partial charge in [0.05, 0.1) is 18.6 Å². The van der Waals surface area contributed by atoms with Gasteiger partial charge in [0.15, 0.2) is 5.78 Å². The molecule has 0 heterocycles. The Balaban J connectivity index is 2.04. The van der Waals surface area contributed by atoms with Gasteiger partial charge in [-0.05, 0) is 43.4 Å². The number of carboxylic acid groups (broad SMARTS) is 1.